The molecule has 1 aliphatic heterocycles. The minimum Gasteiger partial charge on any atom is -0.414 e. The molecule has 0 aromatic carbocycles. The van der Waals surface area contributed by atoms with Crippen LogP contribution in [0.5, 0.6) is 0 Å². The minimum atomic E-state index is -2.14. The number of hydrogen-bond acceptors (Lipinski definition) is 5. The highest BCUT2D eigenvalue weighted by atomic mass is 28.4. The normalized spacial score (nSPS) is 24.5. The van der Waals surface area contributed by atoms with Gasteiger partial charge in [-0.25, -0.2) is 0 Å². The molecule has 0 saturated carbocycles. The van der Waals surface area contributed by atoms with Crippen LogP contribution in [0.25, 0.3) is 0 Å². The van der Waals surface area contributed by atoms with Gasteiger partial charge in [-0.15, -0.1) is 0 Å². The third kappa shape index (κ3) is 7.64. The summed E-state index contributed by atoms with van der Waals surface area (Å²) in [5.41, 5.74) is 2.04. The van der Waals surface area contributed by atoms with Crippen molar-refractivity contribution >= 4 is 25.0 Å². The largest absolute Gasteiger partial charge is 0.414 e. The van der Waals surface area contributed by atoms with Crippen molar-refractivity contribution in [1.29, 1.82) is 0 Å². The van der Waals surface area contributed by atoms with E-state index in [1.807, 2.05) is 6.20 Å². The highest BCUT2D eigenvalue weighted by Gasteiger charge is 2.55. The summed E-state index contributed by atoms with van der Waals surface area (Å²) in [5, 5.41) is 0.255. The molecule has 1 saturated heterocycles. The molecule has 0 bridgehead atoms. The van der Waals surface area contributed by atoms with Crippen molar-refractivity contribution in [2.24, 2.45) is 0 Å². The van der Waals surface area contributed by atoms with E-state index in [4.69, 9.17) is 23.0 Å². The van der Waals surface area contributed by atoms with Crippen LogP contribution in [-0.4, -0.2) is 54.9 Å². The summed E-state index contributed by atoms with van der Waals surface area (Å²) in [6.45, 7) is 37.0. The lowest BCUT2D eigenvalue weighted by molar-refractivity contribution is -0.0186. The maximum Gasteiger partial charge on any atom is 0.192 e. The fourth-order valence-electron chi connectivity index (χ4n) is 3.56. The monoisotopic (exact) mass is 567 g/mol. The van der Waals surface area contributed by atoms with Crippen molar-refractivity contribution in [3.05, 3.63) is 29.6 Å². The minimum absolute atomic E-state index is 0.0650. The molecule has 0 spiro atoms. The van der Waals surface area contributed by atoms with Crippen molar-refractivity contribution in [1.82, 2.24) is 4.98 Å². The van der Waals surface area contributed by atoms with Crippen LogP contribution in [0.1, 0.15) is 79.7 Å². The van der Waals surface area contributed by atoms with Crippen LogP contribution >= 0.6 is 0 Å². The third-order valence-corrected chi connectivity index (χ3v) is 22.9. The first kappa shape index (κ1) is 32.9. The molecular weight excluding hydrogens is 511 g/mol. The molecule has 214 valence electrons. The zero-order chi connectivity index (χ0) is 28.8. The molecule has 8 heteroatoms. The molecule has 0 unspecified atom stereocenters. The number of aryl methyl sites for hydroxylation is 1. The first-order valence-electron chi connectivity index (χ1n) is 14.0. The molecule has 2 rings (SSSR count). The van der Waals surface area contributed by atoms with Gasteiger partial charge in [-0.2, -0.15) is 0 Å². The van der Waals surface area contributed by atoms with Gasteiger partial charge in [0.2, 0.25) is 0 Å². The maximum atomic E-state index is 7.19. The fraction of sp³-hybridized carbons (Fsp3) is 0.828. The molecule has 2 heterocycles. The summed E-state index contributed by atoms with van der Waals surface area (Å²) in [7, 11) is -6.25. The topological polar surface area (TPSA) is 49.8 Å². The van der Waals surface area contributed by atoms with Crippen LogP contribution in [0.4, 0.5) is 0 Å². The number of rotatable bonds is 8. The molecule has 37 heavy (non-hydrogen) atoms. The Morgan fingerprint density at radius 2 is 1.19 bits per heavy atom. The highest BCUT2D eigenvalue weighted by molar-refractivity contribution is 6.75. The predicted octanol–water partition coefficient (Wildman–Crippen LogP) is 8.63. The molecule has 1 aromatic rings. The van der Waals surface area contributed by atoms with Crippen molar-refractivity contribution in [3.8, 4) is 0 Å². The number of aromatic nitrogens is 1. The molecule has 4 atom stereocenters. The standard InChI is InChI=1S/C29H57NO4Si3/c1-21-17-18-22(30-19-21)24-26(34-37(15,16)29(8,9)10)25(33-36(13,14)28(5,6)7)23(32-24)20-31-35(11,12)27(2,3)4/h17-19,23-26H,20H2,1-16H3/t23-,24+,25-,26+/m1/s1. The Kier molecular flexibility index (Phi) is 9.68. The second-order valence-electron chi connectivity index (χ2n) is 15.6. The molecule has 1 aromatic heterocycles. The Labute approximate surface area is 231 Å². The molecule has 0 radical (unpaired) electrons. The maximum absolute atomic E-state index is 7.19. The predicted molar refractivity (Wildman–Crippen MR) is 164 cm³/mol. The summed E-state index contributed by atoms with van der Waals surface area (Å²) >= 11 is 0. The molecule has 0 N–H and O–H groups in total. The quantitative estimate of drug-likeness (QED) is 0.294. The van der Waals surface area contributed by atoms with Crippen molar-refractivity contribution < 1.29 is 18.0 Å². The Balaban J connectivity index is 2.57. The van der Waals surface area contributed by atoms with Gasteiger partial charge >= 0.3 is 0 Å². The molecule has 0 aliphatic carbocycles. The van der Waals surface area contributed by atoms with E-state index in [-0.39, 0.29) is 39.5 Å². The lowest BCUT2D eigenvalue weighted by atomic mass is 10.1. The summed E-state index contributed by atoms with van der Waals surface area (Å²) in [6.07, 6.45) is 0.959. The second kappa shape index (κ2) is 10.9. The number of hydrogen-bond donors (Lipinski definition) is 0. The van der Waals surface area contributed by atoms with Gasteiger partial charge in [-0.3, -0.25) is 4.98 Å². The van der Waals surface area contributed by atoms with Gasteiger partial charge in [0.05, 0.1) is 12.3 Å². The SMILES string of the molecule is Cc1ccc([C@@H]2O[C@H](CO[Si](C)(C)C(C)(C)C)[C@@H](O[Si](C)(C)C(C)(C)C)[C@H]2O[Si](C)(C)C(C)(C)C)nc1. The van der Waals surface area contributed by atoms with E-state index in [1.54, 1.807) is 0 Å². The average molecular weight is 568 g/mol. The zero-order valence-electron chi connectivity index (χ0n) is 26.8. The first-order valence-corrected chi connectivity index (χ1v) is 22.7. The smallest absolute Gasteiger partial charge is 0.192 e. The lowest BCUT2D eigenvalue weighted by Crippen LogP contribution is -2.54. The fourth-order valence-corrected chi connectivity index (χ4v) is 7.18. The van der Waals surface area contributed by atoms with Gasteiger partial charge in [-0.05, 0) is 73.0 Å². The van der Waals surface area contributed by atoms with Crippen LogP contribution in [-0.2, 0) is 18.0 Å². The van der Waals surface area contributed by atoms with Crippen LogP contribution in [0.15, 0.2) is 18.3 Å². The van der Waals surface area contributed by atoms with Crippen molar-refractivity contribution in [2.75, 3.05) is 6.61 Å². The van der Waals surface area contributed by atoms with Crippen molar-refractivity contribution in [2.45, 2.75) is 148 Å². The third-order valence-electron chi connectivity index (χ3n) is 9.42. The molecule has 0 amide bonds. The van der Waals surface area contributed by atoms with Gasteiger partial charge in [0.25, 0.3) is 0 Å². The van der Waals surface area contributed by atoms with E-state index < -0.39 is 25.0 Å². The van der Waals surface area contributed by atoms with Gasteiger partial charge in [-0.1, -0.05) is 68.4 Å². The van der Waals surface area contributed by atoms with E-state index in [0.717, 1.165) is 11.3 Å². The Morgan fingerprint density at radius 1 is 0.730 bits per heavy atom. The summed E-state index contributed by atoms with van der Waals surface area (Å²) in [6, 6.07) is 4.20. The van der Waals surface area contributed by atoms with Crippen LogP contribution in [0.3, 0.4) is 0 Å². The van der Waals surface area contributed by atoms with E-state index in [1.165, 1.54) is 0 Å². The Hall–Kier alpha value is -0.359. The molecule has 1 fully saturated rings. The van der Waals surface area contributed by atoms with Gasteiger partial charge in [0.15, 0.2) is 25.0 Å². The Bertz CT molecular complexity index is 896. The zero-order valence-corrected chi connectivity index (χ0v) is 29.8. The van der Waals surface area contributed by atoms with E-state index in [0.29, 0.717) is 6.61 Å². The van der Waals surface area contributed by atoms with E-state index in [2.05, 4.69) is 121 Å². The van der Waals surface area contributed by atoms with Gasteiger partial charge < -0.3 is 18.0 Å². The summed E-state index contributed by atoms with van der Waals surface area (Å²) in [5.74, 6) is 0. The van der Waals surface area contributed by atoms with Crippen molar-refractivity contribution in [3.63, 3.8) is 0 Å². The van der Waals surface area contributed by atoms with Crippen LogP contribution < -0.4 is 0 Å². The Morgan fingerprint density at radius 3 is 1.59 bits per heavy atom. The highest BCUT2D eigenvalue weighted by Crippen LogP contribution is 2.47. The number of nitrogens with zero attached hydrogens (tertiary/aromatic N) is 1. The summed E-state index contributed by atoms with van der Waals surface area (Å²) < 4.78 is 28.0. The molecule has 5 nitrogen and oxygen atoms in total. The van der Waals surface area contributed by atoms with Crippen LogP contribution in [0, 0.1) is 6.92 Å². The molecular formula is C29H57NO4Si3. The number of ether oxygens (including phenoxy) is 1. The number of pyridine rings is 1. The molecule has 1 aliphatic rings. The second-order valence-corrected chi connectivity index (χ2v) is 29.9. The van der Waals surface area contributed by atoms with Gasteiger partial charge in [0, 0.05) is 6.20 Å². The van der Waals surface area contributed by atoms with E-state index >= 15 is 0 Å². The van der Waals surface area contributed by atoms with Crippen LogP contribution in [0.2, 0.25) is 54.4 Å². The van der Waals surface area contributed by atoms with Gasteiger partial charge in [0.1, 0.15) is 24.4 Å². The summed E-state index contributed by atoms with van der Waals surface area (Å²) in [4.78, 5) is 4.80. The first-order chi connectivity index (χ1) is 16.4. The lowest BCUT2D eigenvalue weighted by Gasteiger charge is -2.44. The average Bonchev–Trinajstić information content (AvgIpc) is 3.00. The van der Waals surface area contributed by atoms with E-state index in [9.17, 15) is 0 Å².